The number of carbonyl (C=O) groups is 1. The minimum atomic E-state index is -0.594. The summed E-state index contributed by atoms with van der Waals surface area (Å²) in [5.74, 6) is 0.142. The van der Waals surface area contributed by atoms with Crippen LogP contribution in [-0.2, 0) is 4.79 Å². The number of nitrogens with zero attached hydrogens (tertiary/aromatic N) is 1. The summed E-state index contributed by atoms with van der Waals surface area (Å²) in [6.45, 7) is 0. The van der Waals surface area contributed by atoms with Crippen molar-refractivity contribution in [1.29, 1.82) is 0 Å². The van der Waals surface area contributed by atoms with Crippen molar-refractivity contribution in [2.24, 2.45) is 5.92 Å². The van der Waals surface area contributed by atoms with Crippen molar-refractivity contribution >= 4 is 11.6 Å². The molecule has 0 bridgehead atoms. The quantitative estimate of drug-likeness (QED) is 0.773. The lowest BCUT2D eigenvalue weighted by atomic mass is 10.1. The van der Waals surface area contributed by atoms with Crippen molar-refractivity contribution in [1.82, 2.24) is 10.1 Å². The van der Waals surface area contributed by atoms with Crippen molar-refractivity contribution < 1.29 is 9.32 Å². The highest BCUT2D eigenvalue weighted by Crippen LogP contribution is 2.47. The van der Waals surface area contributed by atoms with Crippen LogP contribution in [-0.4, -0.2) is 16.0 Å². The molecule has 6 nitrogen and oxygen atoms in total. The highest BCUT2D eigenvalue weighted by molar-refractivity contribution is 5.95. The first-order chi connectivity index (χ1) is 11.7. The third-order valence-electron chi connectivity index (χ3n) is 4.22. The number of carbonyl (C=O) groups excluding carboxylic acids is 1. The van der Waals surface area contributed by atoms with Gasteiger partial charge in [-0.15, -0.1) is 0 Å². The van der Waals surface area contributed by atoms with Gasteiger partial charge in [0.1, 0.15) is 0 Å². The summed E-state index contributed by atoms with van der Waals surface area (Å²) in [5, 5.41) is 6.56. The molecule has 0 spiro atoms. The number of amides is 1. The lowest BCUT2D eigenvalue weighted by Crippen LogP contribution is -2.14. The SMILES string of the molecule is O=C(Nc1ccc(-c2noc(=O)[nH]2)cc1)[C@H]1C[C@H]1c1ccccc1. The zero-order valence-corrected chi connectivity index (χ0v) is 12.7. The van der Waals surface area contributed by atoms with Crippen LogP contribution in [0.3, 0.4) is 0 Å². The molecule has 1 aliphatic rings. The molecule has 1 saturated carbocycles. The molecule has 3 aromatic rings. The van der Waals surface area contributed by atoms with Crippen LogP contribution < -0.4 is 11.1 Å². The second-order valence-electron chi connectivity index (χ2n) is 5.87. The summed E-state index contributed by atoms with van der Waals surface area (Å²) in [4.78, 5) is 25.8. The molecule has 2 aromatic carbocycles. The monoisotopic (exact) mass is 321 g/mol. The molecule has 1 aliphatic carbocycles. The van der Waals surface area contributed by atoms with Crippen LogP contribution in [0.2, 0.25) is 0 Å². The topological polar surface area (TPSA) is 88.0 Å². The summed E-state index contributed by atoms with van der Waals surface area (Å²) < 4.78 is 4.48. The smallest absolute Gasteiger partial charge is 0.326 e. The first kappa shape index (κ1) is 14.4. The Bertz CT molecular complexity index is 912. The van der Waals surface area contributed by atoms with Gasteiger partial charge in [-0.05, 0) is 42.2 Å². The van der Waals surface area contributed by atoms with E-state index < -0.39 is 5.76 Å². The summed E-state index contributed by atoms with van der Waals surface area (Å²) in [6, 6.07) is 17.2. The van der Waals surface area contributed by atoms with Crippen LogP contribution in [0.15, 0.2) is 63.9 Å². The van der Waals surface area contributed by atoms with Gasteiger partial charge in [0.25, 0.3) is 0 Å². The molecule has 2 N–H and O–H groups in total. The van der Waals surface area contributed by atoms with Crippen LogP contribution in [0.4, 0.5) is 5.69 Å². The van der Waals surface area contributed by atoms with Crippen LogP contribution in [0.1, 0.15) is 17.9 Å². The Labute approximate surface area is 137 Å². The van der Waals surface area contributed by atoms with Crippen LogP contribution in [0, 0.1) is 5.92 Å². The molecule has 1 fully saturated rings. The Balaban J connectivity index is 1.41. The largest absolute Gasteiger partial charge is 0.439 e. The maximum Gasteiger partial charge on any atom is 0.439 e. The number of hydrogen-bond acceptors (Lipinski definition) is 4. The number of anilines is 1. The molecule has 1 aromatic heterocycles. The molecule has 0 aliphatic heterocycles. The zero-order valence-electron chi connectivity index (χ0n) is 12.7. The van der Waals surface area contributed by atoms with Crippen LogP contribution >= 0.6 is 0 Å². The number of hydrogen-bond donors (Lipinski definition) is 2. The van der Waals surface area contributed by atoms with Gasteiger partial charge >= 0.3 is 5.76 Å². The second-order valence-corrected chi connectivity index (χ2v) is 5.87. The number of rotatable bonds is 4. The molecule has 0 saturated heterocycles. The molecule has 0 radical (unpaired) electrons. The van der Waals surface area contributed by atoms with Crippen LogP contribution in [0.25, 0.3) is 11.4 Å². The average Bonchev–Trinajstić information content (AvgIpc) is 3.31. The van der Waals surface area contributed by atoms with Gasteiger partial charge in [0.2, 0.25) is 5.91 Å². The molecule has 24 heavy (non-hydrogen) atoms. The van der Waals surface area contributed by atoms with Crippen molar-refractivity contribution in [2.75, 3.05) is 5.32 Å². The predicted octanol–water partition coefficient (Wildman–Crippen LogP) is 2.77. The minimum Gasteiger partial charge on any atom is -0.326 e. The molecule has 120 valence electrons. The van der Waals surface area contributed by atoms with E-state index in [1.54, 1.807) is 24.3 Å². The first-order valence-electron chi connectivity index (χ1n) is 7.73. The summed E-state index contributed by atoms with van der Waals surface area (Å²) in [7, 11) is 0. The van der Waals surface area contributed by atoms with Crippen LogP contribution in [0.5, 0.6) is 0 Å². The van der Waals surface area contributed by atoms with Gasteiger partial charge in [-0.1, -0.05) is 35.5 Å². The number of aromatic nitrogens is 2. The Morgan fingerprint density at radius 1 is 1.12 bits per heavy atom. The van der Waals surface area contributed by atoms with E-state index in [9.17, 15) is 9.59 Å². The minimum absolute atomic E-state index is 0.0268. The lowest BCUT2D eigenvalue weighted by molar-refractivity contribution is -0.117. The molecule has 6 heteroatoms. The van der Waals surface area contributed by atoms with Gasteiger partial charge in [0, 0.05) is 17.2 Å². The van der Waals surface area contributed by atoms with E-state index in [-0.39, 0.29) is 11.8 Å². The zero-order chi connectivity index (χ0) is 16.5. The molecular formula is C18H15N3O3. The number of nitrogens with one attached hydrogen (secondary N) is 2. The standard InChI is InChI=1S/C18H15N3O3/c22-17(15-10-14(15)11-4-2-1-3-5-11)19-13-8-6-12(7-9-13)16-20-18(23)24-21-16/h1-9,14-15H,10H2,(H,19,22)(H,20,21,23)/t14-,15-/m0/s1. The molecule has 1 heterocycles. The van der Waals surface area contributed by atoms with Crippen molar-refractivity contribution in [3.63, 3.8) is 0 Å². The van der Waals surface area contributed by atoms with E-state index in [0.717, 1.165) is 6.42 Å². The normalized spacial score (nSPS) is 19.0. The van der Waals surface area contributed by atoms with E-state index in [1.165, 1.54) is 5.56 Å². The Hall–Kier alpha value is -3.15. The molecule has 4 rings (SSSR count). The second kappa shape index (κ2) is 5.81. The molecule has 2 atom stereocenters. The lowest BCUT2D eigenvalue weighted by Gasteiger charge is -2.05. The Kier molecular flexibility index (Phi) is 3.49. The van der Waals surface area contributed by atoms with Crippen molar-refractivity contribution in [3.8, 4) is 11.4 Å². The maximum absolute atomic E-state index is 12.3. The molecular weight excluding hydrogens is 306 g/mol. The predicted molar refractivity (Wildman–Crippen MR) is 88.5 cm³/mol. The molecule has 0 unspecified atom stereocenters. The van der Waals surface area contributed by atoms with Gasteiger partial charge in [-0.25, -0.2) is 4.79 Å². The van der Waals surface area contributed by atoms with Gasteiger partial charge in [-0.3, -0.25) is 14.3 Å². The van der Waals surface area contributed by atoms with Crippen molar-refractivity contribution in [2.45, 2.75) is 12.3 Å². The number of aromatic amines is 1. The first-order valence-corrected chi connectivity index (χ1v) is 7.73. The fraction of sp³-hybridized carbons (Fsp3) is 0.167. The van der Waals surface area contributed by atoms with E-state index in [4.69, 9.17) is 0 Å². The van der Waals surface area contributed by atoms with Gasteiger partial charge in [0.15, 0.2) is 5.82 Å². The van der Waals surface area contributed by atoms with Gasteiger partial charge < -0.3 is 5.32 Å². The van der Waals surface area contributed by atoms with Gasteiger partial charge in [0.05, 0.1) is 0 Å². The van der Waals surface area contributed by atoms with E-state index in [0.29, 0.717) is 23.0 Å². The third kappa shape index (κ3) is 2.86. The summed E-state index contributed by atoms with van der Waals surface area (Å²) in [6.07, 6.45) is 0.883. The average molecular weight is 321 g/mol. The number of H-pyrrole nitrogens is 1. The summed E-state index contributed by atoms with van der Waals surface area (Å²) >= 11 is 0. The number of benzene rings is 2. The molecule has 1 amide bonds. The highest BCUT2D eigenvalue weighted by Gasteiger charge is 2.43. The van der Waals surface area contributed by atoms with E-state index in [1.807, 2.05) is 18.2 Å². The van der Waals surface area contributed by atoms with Crippen molar-refractivity contribution in [3.05, 3.63) is 70.7 Å². The Morgan fingerprint density at radius 3 is 2.54 bits per heavy atom. The summed E-state index contributed by atoms with van der Waals surface area (Å²) in [5.41, 5.74) is 2.64. The van der Waals surface area contributed by atoms with E-state index >= 15 is 0 Å². The highest BCUT2D eigenvalue weighted by atomic mass is 16.5. The fourth-order valence-electron chi connectivity index (χ4n) is 2.85. The van der Waals surface area contributed by atoms with E-state index in [2.05, 4.69) is 32.1 Å². The Morgan fingerprint density at radius 2 is 1.88 bits per heavy atom. The maximum atomic E-state index is 12.3. The van der Waals surface area contributed by atoms with Gasteiger partial charge in [-0.2, -0.15) is 0 Å². The fourth-order valence-corrected chi connectivity index (χ4v) is 2.85. The third-order valence-corrected chi connectivity index (χ3v) is 4.22.